The average molecular weight is 301 g/mol. The highest BCUT2D eigenvalue weighted by atomic mass is 32.2. The van der Waals surface area contributed by atoms with E-state index in [1.807, 2.05) is 0 Å². The van der Waals surface area contributed by atoms with Gasteiger partial charge in [0.1, 0.15) is 5.82 Å². The summed E-state index contributed by atoms with van der Waals surface area (Å²) in [6.07, 6.45) is 1.50. The van der Waals surface area contributed by atoms with Gasteiger partial charge in [-0.15, -0.1) is 6.58 Å². The summed E-state index contributed by atoms with van der Waals surface area (Å²) in [6, 6.07) is 3.41. The highest BCUT2D eigenvalue weighted by Gasteiger charge is 2.33. The third-order valence-corrected chi connectivity index (χ3v) is 4.95. The Morgan fingerprint density at radius 2 is 2.00 bits per heavy atom. The molecule has 6 heteroatoms. The Morgan fingerprint density at radius 1 is 1.40 bits per heavy atom. The van der Waals surface area contributed by atoms with Crippen LogP contribution in [0.4, 0.5) is 4.39 Å². The van der Waals surface area contributed by atoms with Crippen molar-refractivity contribution in [1.82, 2.24) is 4.31 Å². The molecule has 1 rings (SSSR count). The van der Waals surface area contributed by atoms with Crippen LogP contribution < -0.4 is 0 Å². The molecule has 0 radical (unpaired) electrons. The van der Waals surface area contributed by atoms with Crippen LogP contribution in [0.25, 0.3) is 0 Å². The molecule has 0 fully saturated rings. The van der Waals surface area contributed by atoms with E-state index in [9.17, 15) is 12.8 Å². The van der Waals surface area contributed by atoms with Gasteiger partial charge in [0.15, 0.2) is 0 Å². The van der Waals surface area contributed by atoms with Crippen molar-refractivity contribution in [3.05, 3.63) is 42.2 Å². The summed E-state index contributed by atoms with van der Waals surface area (Å²) < 4.78 is 39.9. The van der Waals surface area contributed by atoms with E-state index in [1.165, 1.54) is 16.4 Å². The van der Waals surface area contributed by atoms with Gasteiger partial charge in [0.05, 0.1) is 11.5 Å². The first-order chi connectivity index (χ1) is 9.14. The summed E-state index contributed by atoms with van der Waals surface area (Å²) in [5, 5.41) is 9.05. The molecule has 0 saturated heterocycles. The normalized spacial score (nSPS) is 12.7. The van der Waals surface area contributed by atoms with Crippen molar-refractivity contribution in [3.63, 3.8) is 0 Å². The summed E-state index contributed by atoms with van der Waals surface area (Å²) in [5.74, 6) is -0.627. The van der Waals surface area contributed by atoms with Crippen molar-refractivity contribution in [2.24, 2.45) is 0 Å². The molecular weight excluding hydrogens is 281 g/mol. The molecule has 0 spiro atoms. The summed E-state index contributed by atoms with van der Waals surface area (Å²) in [4.78, 5) is -0.0419. The molecule has 20 heavy (non-hydrogen) atoms. The van der Waals surface area contributed by atoms with Crippen LogP contribution in [0.5, 0.6) is 0 Å². The number of nitrogens with zero attached hydrogens (tertiary/aromatic N) is 1. The van der Waals surface area contributed by atoms with Gasteiger partial charge < -0.3 is 5.11 Å². The fraction of sp³-hybridized carbons (Fsp3) is 0.429. The smallest absolute Gasteiger partial charge is 0.243 e. The van der Waals surface area contributed by atoms with Crippen LogP contribution in [-0.2, 0) is 16.6 Å². The third kappa shape index (κ3) is 3.45. The summed E-state index contributed by atoms with van der Waals surface area (Å²) >= 11 is 0. The number of sulfonamides is 1. The summed E-state index contributed by atoms with van der Waals surface area (Å²) in [5.41, 5.74) is -0.681. The van der Waals surface area contributed by atoms with Gasteiger partial charge in [-0.3, -0.25) is 0 Å². The first kappa shape index (κ1) is 16.8. The largest absolute Gasteiger partial charge is 0.392 e. The second-order valence-electron chi connectivity index (χ2n) is 5.41. The fourth-order valence-corrected chi connectivity index (χ4v) is 3.62. The van der Waals surface area contributed by atoms with Crippen LogP contribution in [0, 0.1) is 5.82 Å². The van der Waals surface area contributed by atoms with Gasteiger partial charge in [0.25, 0.3) is 0 Å². The lowest BCUT2D eigenvalue weighted by atomic mass is 10.1. The second kappa shape index (κ2) is 6.03. The highest BCUT2D eigenvalue weighted by Crippen LogP contribution is 2.25. The zero-order chi connectivity index (χ0) is 15.6. The van der Waals surface area contributed by atoms with E-state index < -0.39 is 28.0 Å². The molecule has 0 saturated carbocycles. The van der Waals surface area contributed by atoms with Crippen molar-refractivity contribution >= 4 is 10.0 Å². The molecule has 0 aromatic heterocycles. The van der Waals surface area contributed by atoms with Gasteiger partial charge in [0, 0.05) is 17.6 Å². The van der Waals surface area contributed by atoms with Gasteiger partial charge >= 0.3 is 0 Å². The molecule has 0 heterocycles. The molecule has 1 aromatic carbocycles. The Labute approximate surface area is 119 Å². The standard InChI is InChI=1S/C14H20FNO3S/c1-5-8-16(14(2,3)4)20(18,19)12-6-7-13(15)11(9-12)10-17/h5-7,9,17H,1,8,10H2,2-4H3. The maximum absolute atomic E-state index is 13.4. The van der Waals surface area contributed by atoms with Gasteiger partial charge in [-0.05, 0) is 39.0 Å². The Morgan fingerprint density at radius 3 is 2.45 bits per heavy atom. The van der Waals surface area contributed by atoms with Crippen molar-refractivity contribution in [3.8, 4) is 0 Å². The first-order valence-electron chi connectivity index (χ1n) is 6.17. The number of rotatable bonds is 5. The number of halogens is 1. The van der Waals surface area contributed by atoms with E-state index >= 15 is 0 Å². The number of hydrogen-bond donors (Lipinski definition) is 1. The van der Waals surface area contributed by atoms with Crippen molar-refractivity contribution < 1.29 is 17.9 Å². The molecule has 0 atom stereocenters. The molecule has 1 N–H and O–H groups in total. The van der Waals surface area contributed by atoms with Gasteiger partial charge in [0.2, 0.25) is 10.0 Å². The van der Waals surface area contributed by atoms with E-state index in [0.29, 0.717) is 0 Å². The minimum atomic E-state index is -3.79. The number of hydrogen-bond acceptors (Lipinski definition) is 3. The molecule has 0 aliphatic rings. The Hall–Kier alpha value is -1.24. The van der Waals surface area contributed by atoms with Gasteiger partial charge in [-0.25, -0.2) is 12.8 Å². The molecule has 4 nitrogen and oxygen atoms in total. The van der Waals surface area contributed by atoms with Crippen LogP contribution in [0.2, 0.25) is 0 Å². The van der Waals surface area contributed by atoms with Crippen molar-refractivity contribution in [2.75, 3.05) is 6.54 Å². The van der Waals surface area contributed by atoms with Crippen molar-refractivity contribution in [1.29, 1.82) is 0 Å². The topological polar surface area (TPSA) is 57.6 Å². The average Bonchev–Trinajstić information content (AvgIpc) is 2.34. The molecule has 0 amide bonds. The Bertz CT molecular complexity index is 591. The quantitative estimate of drug-likeness (QED) is 0.849. The van der Waals surface area contributed by atoms with Crippen LogP contribution in [0.1, 0.15) is 26.3 Å². The Kier molecular flexibility index (Phi) is 5.07. The molecule has 0 bridgehead atoms. The molecule has 0 aliphatic carbocycles. The molecule has 112 valence electrons. The van der Waals surface area contributed by atoms with E-state index in [2.05, 4.69) is 6.58 Å². The number of aliphatic hydroxyl groups is 1. The van der Waals surface area contributed by atoms with E-state index in [0.717, 1.165) is 12.1 Å². The lowest BCUT2D eigenvalue weighted by Gasteiger charge is -2.33. The monoisotopic (exact) mass is 301 g/mol. The third-order valence-electron chi connectivity index (χ3n) is 2.82. The van der Waals surface area contributed by atoms with Gasteiger partial charge in [-0.1, -0.05) is 6.08 Å². The van der Waals surface area contributed by atoms with E-state index in [1.54, 1.807) is 20.8 Å². The van der Waals surface area contributed by atoms with E-state index in [4.69, 9.17) is 5.11 Å². The Balaban J connectivity index is 3.37. The molecule has 0 unspecified atom stereocenters. The minimum Gasteiger partial charge on any atom is -0.392 e. The summed E-state index contributed by atoms with van der Waals surface area (Å²) in [6.45, 7) is 8.47. The summed E-state index contributed by atoms with van der Waals surface area (Å²) in [7, 11) is -3.79. The molecule has 1 aromatic rings. The highest BCUT2D eigenvalue weighted by molar-refractivity contribution is 7.89. The SMILES string of the molecule is C=CCN(C(C)(C)C)S(=O)(=O)c1ccc(F)c(CO)c1. The maximum Gasteiger partial charge on any atom is 0.243 e. The number of aliphatic hydroxyl groups excluding tert-OH is 1. The minimum absolute atomic E-state index is 0.0419. The predicted octanol–water partition coefficient (Wildman–Crippen LogP) is 2.29. The first-order valence-corrected chi connectivity index (χ1v) is 7.61. The number of benzene rings is 1. The maximum atomic E-state index is 13.4. The lowest BCUT2D eigenvalue weighted by molar-refractivity contribution is 0.269. The van der Waals surface area contributed by atoms with Crippen LogP contribution in [0.3, 0.4) is 0 Å². The fourth-order valence-electron chi connectivity index (χ4n) is 1.81. The predicted molar refractivity (Wildman–Crippen MR) is 76.2 cm³/mol. The van der Waals surface area contributed by atoms with Crippen LogP contribution in [0.15, 0.2) is 35.7 Å². The second-order valence-corrected chi connectivity index (χ2v) is 7.27. The van der Waals surface area contributed by atoms with Crippen molar-refractivity contribution in [2.45, 2.75) is 37.8 Å². The zero-order valence-electron chi connectivity index (χ0n) is 11.9. The zero-order valence-corrected chi connectivity index (χ0v) is 12.7. The van der Waals surface area contributed by atoms with E-state index in [-0.39, 0.29) is 17.0 Å². The molecular formula is C14H20FNO3S. The van der Waals surface area contributed by atoms with Crippen LogP contribution in [-0.4, -0.2) is 29.9 Å². The van der Waals surface area contributed by atoms with Gasteiger partial charge in [-0.2, -0.15) is 4.31 Å². The lowest BCUT2D eigenvalue weighted by Crippen LogP contribution is -2.45. The molecule has 0 aliphatic heterocycles. The van der Waals surface area contributed by atoms with Crippen LogP contribution >= 0.6 is 0 Å².